The maximum atomic E-state index is 11.8. The van der Waals surface area contributed by atoms with Crippen molar-refractivity contribution in [1.82, 2.24) is 5.32 Å². The third-order valence-corrected chi connectivity index (χ3v) is 3.22. The van der Waals surface area contributed by atoms with Gasteiger partial charge in [-0.1, -0.05) is 36.8 Å². The van der Waals surface area contributed by atoms with Crippen LogP contribution in [0.25, 0.3) is 0 Å². The van der Waals surface area contributed by atoms with Crippen LogP contribution in [-0.4, -0.2) is 18.2 Å². The van der Waals surface area contributed by atoms with E-state index in [1.54, 1.807) is 12.1 Å². The minimum atomic E-state index is -0.444. The van der Waals surface area contributed by atoms with Crippen molar-refractivity contribution < 1.29 is 9.53 Å². The van der Waals surface area contributed by atoms with Crippen LogP contribution in [0.4, 0.5) is 4.79 Å². The van der Waals surface area contributed by atoms with Crippen molar-refractivity contribution in [3.63, 3.8) is 0 Å². The maximum absolute atomic E-state index is 11.8. The van der Waals surface area contributed by atoms with Crippen LogP contribution in [0.1, 0.15) is 25.7 Å². The monoisotopic (exact) mass is 260 g/mol. The second-order valence-electron chi connectivity index (χ2n) is 4.74. The Balaban J connectivity index is 1.90. The summed E-state index contributed by atoms with van der Waals surface area (Å²) in [6.07, 6.45) is 7.75. The molecule has 1 aliphatic carbocycles. The third kappa shape index (κ3) is 4.41. The number of amides is 1. The largest absolute Gasteiger partial charge is 0.412 e. The number of ether oxygens (including phenoxy) is 1. The standard InChI is InChI=1S/C15H20N2O2/c16-13-10-6-1-2-7-11-14(13)17-15(18)19-12-8-4-3-5-9-12/h3-6,8-10,13-14H,1-2,7,11,16H2,(H,17,18). The van der Waals surface area contributed by atoms with Gasteiger partial charge in [0.15, 0.2) is 0 Å². The van der Waals surface area contributed by atoms with Gasteiger partial charge < -0.3 is 15.8 Å². The molecule has 1 aromatic rings. The molecule has 0 aromatic heterocycles. The molecular weight excluding hydrogens is 240 g/mol. The van der Waals surface area contributed by atoms with E-state index < -0.39 is 6.09 Å². The first-order chi connectivity index (χ1) is 9.25. The SMILES string of the molecule is NC1C=CCCCCC1NC(=O)Oc1ccccc1. The van der Waals surface area contributed by atoms with Crippen molar-refractivity contribution in [2.75, 3.05) is 0 Å². The summed E-state index contributed by atoms with van der Waals surface area (Å²) in [5.74, 6) is 0.537. The van der Waals surface area contributed by atoms with Crippen molar-refractivity contribution in [2.24, 2.45) is 5.73 Å². The molecule has 0 fully saturated rings. The normalized spacial score (nSPS) is 23.2. The Morgan fingerprint density at radius 1 is 1.26 bits per heavy atom. The molecule has 2 rings (SSSR count). The number of carbonyl (C=O) groups excluding carboxylic acids is 1. The molecule has 1 amide bonds. The molecule has 0 aliphatic heterocycles. The number of hydrogen-bond acceptors (Lipinski definition) is 3. The highest BCUT2D eigenvalue weighted by Gasteiger charge is 2.19. The van der Waals surface area contributed by atoms with Gasteiger partial charge in [-0.15, -0.1) is 0 Å². The molecule has 0 spiro atoms. The highest BCUT2D eigenvalue weighted by Crippen LogP contribution is 2.13. The van der Waals surface area contributed by atoms with Gasteiger partial charge in [0.25, 0.3) is 0 Å². The summed E-state index contributed by atoms with van der Waals surface area (Å²) in [4.78, 5) is 11.8. The van der Waals surface area contributed by atoms with Gasteiger partial charge in [-0.05, 0) is 31.4 Å². The fourth-order valence-electron chi connectivity index (χ4n) is 2.15. The molecule has 3 N–H and O–H groups in total. The van der Waals surface area contributed by atoms with Crippen LogP contribution < -0.4 is 15.8 Å². The van der Waals surface area contributed by atoms with Crippen molar-refractivity contribution in [2.45, 2.75) is 37.8 Å². The molecule has 4 nitrogen and oxygen atoms in total. The second-order valence-corrected chi connectivity index (χ2v) is 4.74. The number of para-hydroxylation sites is 1. The van der Waals surface area contributed by atoms with E-state index >= 15 is 0 Å². The highest BCUT2D eigenvalue weighted by atomic mass is 16.6. The summed E-state index contributed by atoms with van der Waals surface area (Å²) in [5, 5.41) is 2.85. The molecule has 19 heavy (non-hydrogen) atoms. The first kappa shape index (κ1) is 13.6. The Labute approximate surface area is 113 Å². The Hall–Kier alpha value is -1.81. The highest BCUT2D eigenvalue weighted by molar-refractivity contribution is 5.70. The van der Waals surface area contributed by atoms with Gasteiger partial charge in [0, 0.05) is 6.04 Å². The second kappa shape index (κ2) is 6.95. The first-order valence-corrected chi connectivity index (χ1v) is 6.71. The fourth-order valence-corrected chi connectivity index (χ4v) is 2.15. The molecule has 2 unspecified atom stereocenters. The molecular formula is C15H20N2O2. The molecule has 4 heteroatoms. The molecule has 1 aromatic carbocycles. The lowest BCUT2D eigenvalue weighted by Gasteiger charge is -2.23. The summed E-state index contributed by atoms with van der Waals surface area (Å²) >= 11 is 0. The smallest absolute Gasteiger partial charge is 0.410 e. The average Bonchev–Trinajstić information content (AvgIpc) is 2.40. The van der Waals surface area contributed by atoms with Gasteiger partial charge in [0.2, 0.25) is 0 Å². The van der Waals surface area contributed by atoms with Crippen molar-refractivity contribution >= 4 is 6.09 Å². The number of carbonyl (C=O) groups is 1. The van der Waals surface area contributed by atoms with Crippen LogP contribution in [0.3, 0.4) is 0 Å². The number of nitrogens with two attached hydrogens (primary N) is 1. The lowest BCUT2D eigenvalue weighted by atomic mass is 9.98. The van der Waals surface area contributed by atoms with Crippen LogP contribution in [0.2, 0.25) is 0 Å². The van der Waals surface area contributed by atoms with E-state index in [0.29, 0.717) is 5.75 Å². The van der Waals surface area contributed by atoms with E-state index in [1.165, 1.54) is 0 Å². The molecule has 0 radical (unpaired) electrons. The summed E-state index contributed by atoms with van der Waals surface area (Å²) in [5.41, 5.74) is 6.03. The molecule has 102 valence electrons. The Morgan fingerprint density at radius 3 is 2.84 bits per heavy atom. The van der Waals surface area contributed by atoms with E-state index in [9.17, 15) is 4.79 Å². The van der Waals surface area contributed by atoms with Gasteiger partial charge in [0.05, 0.1) is 6.04 Å². The van der Waals surface area contributed by atoms with E-state index in [0.717, 1.165) is 25.7 Å². The quantitative estimate of drug-likeness (QED) is 0.803. The zero-order valence-electron chi connectivity index (χ0n) is 10.9. The number of hydrogen-bond donors (Lipinski definition) is 2. The Morgan fingerprint density at radius 2 is 2.05 bits per heavy atom. The molecule has 0 bridgehead atoms. The van der Waals surface area contributed by atoms with Gasteiger partial charge in [-0.2, -0.15) is 0 Å². The van der Waals surface area contributed by atoms with Crippen molar-refractivity contribution in [1.29, 1.82) is 0 Å². The van der Waals surface area contributed by atoms with E-state index in [1.807, 2.05) is 24.3 Å². The minimum Gasteiger partial charge on any atom is -0.410 e. The summed E-state index contributed by atoms with van der Waals surface area (Å²) in [6.45, 7) is 0. The summed E-state index contributed by atoms with van der Waals surface area (Å²) in [6, 6.07) is 8.81. The minimum absolute atomic E-state index is 0.0623. The number of rotatable bonds is 2. The predicted molar refractivity (Wildman–Crippen MR) is 75.0 cm³/mol. The lowest BCUT2D eigenvalue weighted by Crippen LogP contribution is -2.47. The number of benzene rings is 1. The van der Waals surface area contributed by atoms with Crippen LogP contribution in [0.5, 0.6) is 5.75 Å². The van der Waals surface area contributed by atoms with E-state index in [2.05, 4.69) is 11.4 Å². The van der Waals surface area contributed by atoms with Crippen molar-refractivity contribution in [3.8, 4) is 5.75 Å². The third-order valence-electron chi connectivity index (χ3n) is 3.22. The summed E-state index contributed by atoms with van der Waals surface area (Å²) in [7, 11) is 0. The molecule has 0 heterocycles. The maximum Gasteiger partial charge on any atom is 0.412 e. The topological polar surface area (TPSA) is 64.3 Å². The van der Waals surface area contributed by atoms with E-state index in [-0.39, 0.29) is 12.1 Å². The van der Waals surface area contributed by atoms with Crippen LogP contribution >= 0.6 is 0 Å². The van der Waals surface area contributed by atoms with Crippen LogP contribution in [0.15, 0.2) is 42.5 Å². The van der Waals surface area contributed by atoms with Gasteiger partial charge >= 0.3 is 6.09 Å². The Bertz CT molecular complexity index is 431. The molecule has 2 atom stereocenters. The summed E-state index contributed by atoms with van der Waals surface area (Å²) < 4.78 is 5.21. The predicted octanol–water partition coefficient (Wildman–Crippen LogP) is 2.60. The zero-order valence-corrected chi connectivity index (χ0v) is 10.9. The molecule has 0 saturated heterocycles. The van der Waals surface area contributed by atoms with Crippen LogP contribution in [0, 0.1) is 0 Å². The van der Waals surface area contributed by atoms with Gasteiger partial charge in [-0.3, -0.25) is 0 Å². The van der Waals surface area contributed by atoms with Gasteiger partial charge in [-0.25, -0.2) is 4.79 Å². The Kier molecular flexibility index (Phi) is 4.98. The first-order valence-electron chi connectivity index (χ1n) is 6.71. The fraction of sp³-hybridized carbons (Fsp3) is 0.400. The number of nitrogens with one attached hydrogen (secondary N) is 1. The van der Waals surface area contributed by atoms with Crippen LogP contribution in [-0.2, 0) is 0 Å². The van der Waals surface area contributed by atoms with Gasteiger partial charge in [0.1, 0.15) is 5.75 Å². The molecule has 1 aliphatic rings. The van der Waals surface area contributed by atoms with Crippen molar-refractivity contribution in [3.05, 3.63) is 42.5 Å². The molecule has 0 saturated carbocycles. The zero-order chi connectivity index (χ0) is 13.5. The average molecular weight is 260 g/mol. The number of allylic oxidation sites excluding steroid dienone is 1. The van der Waals surface area contributed by atoms with E-state index in [4.69, 9.17) is 10.5 Å². The lowest BCUT2D eigenvalue weighted by molar-refractivity contribution is 0.193.